The molecule has 1 aliphatic rings. The molecule has 0 spiro atoms. The fourth-order valence-corrected chi connectivity index (χ4v) is 2.11. The Hall–Kier alpha value is -1.91. The molecule has 1 aliphatic carbocycles. The molecule has 0 bridgehead atoms. The van der Waals surface area contributed by atoms with E-state index in [1.807, 2.05) is 0 Å². The summed E-state index contributed by atoms with van der Waals surface area (Å²) in [5.74, 6) is -1.15. The summed E-state index contributed by atoms with van der Waals surface area (Å²) in [6, 6.07) is 0. The second kappa shape index (κ2) is 6.31. The fraction of sp³-hybridized carbons (Fsp3) is 0.500. The topological polar surface area (TPSA) is 69.7 Å². The van der Waals surface area contributed by atoms with E-state index < -0.39 is 11.9 Å². The summed E-state index contributed by atoms with van der Waals surface area (Å²) in [6.07, 6.45) is 0.952. The molecule has 0 aromatic heterocycles. The lowest BCUT2D eigenvalue weighted by Gasteiger charge is -2.18. The third kappa shape index (κ3) is 3.30. The van der Waals surface area contributed by atoms with E-state index in [1.165, 1.54) is 14.2 Å². The van der Waals surface area contributed by atoms with Gasteiger partial charge in [0, 0.05) is 12.8 Å². The van der Waals surface area contributed by atoms with Gasteiger partial charge < -0.3 is 9.47 Å². The maximum absolute atomic E-state index is 11.9. The van der Waals surface area contributed by atoms with E-state index >= 15 is 0 Å². The van der Waals surface area contributed by atoms with Gasteiger partial charge >= 0.3 is 11.9 Å². The Morgan fingerprint density at radius 3 is 1.84 bits per heavy atom. The van der Waals surface area contributed by atoms with E-state index in [2.05, 4.69) is 0 Å². The van der Waals surface area contributed by atoms with Crippen molar-refractivity contribution < 1.29 is 23.9 Å². The Morgan fingerprint density at radius 2 is 1.37 bits per heavy atom. The van der Waals surface area contributed by atoms with E-state index in [-0.39, 0.29) is 23.4 Å². The minimum atomic E-state index is -0.619. The molecule has 19 heavy (non-hydrogen) atoms. The summed E-state index contributed by atoms with van der Waals surface area (Å²) < 4.78 is 9.45. The van der Waals surface area contributed by atoms with Gasteiger partial charge in [-0.2, -0.15) is 0 Å². The quantitative estimate of drug-likeness (QED) is 0.712. The maximum Gasteiger partial charge on any atom is 0.338 e. The number of hydrogen-bond acceptors (Lipinski definition) is 5. The lowest BCUT2D eigenvalue weighted by Crippen LogP contribution is -2.20. The molecule has 0 atom stereocenters. The standard InChI is InChI=1S/C14H18O5/c1-8-5-6-10(15)7-9(2)12(14(17)19-4)11(8)13(16)18-3/h5-7H2,1-4H3/b11-8+,12-9+. The van der Waals surface area contributed by atoms with Crippen molar-refractivity contribution >= 4 is 17.7 Å². The number of ketones is 1. The minimum Gasteiger partial charge on any atom is -0.465 e. The maximum atomic E-state index is 11.9. The number of methoxy groups -OCH3 is 2. The van der Waals surface area contributed by atoms with Gasteiger partial charge in [0.25, 0.3) is 0 Å². The summed E-state index contributed by atoms with van der Waals surface area (Å²) in [4.78, 5) is 35.5. The molecule has 0 aromatic rings. The largest absolute Gasteiger partial charge is 0.465 e. The van der Waals surface area contributed by atoms with E-state index in [0.29, 0.717) is 24.0 Å². The SMILES string of the molecule is COC(=O)C1=C(\C)CCC(=O)C/C(C)=C\1C(=O)OC. The zero-order valence-electron chi connectivity index (χ0n) is 11.7. The molecule has 0 radical (unpaired) electrons. The van der Waals surface area contributed by atoms with Gasteiger partial charge in [-0.3, -0.25) is 4.79 Å². The summed E-state index contributed by atoms with van der Waals surface area (Å²) >= 11 is 0. The van der Waals surface area contributed by atoms with Crippen molar-refractivity contribution in [1.29, 1.82) is 0 Å². The third-order valence-electron chi connectivity index (χ3n) is 3.12. The summed E-state index contributed by atoms with van der Waals surface area (Å²) in [7, 11) is 2.50. The van der Waals surface area contributed by atoms with Crippen LogP contribution in [0.2, 0.25) is 0 Å². The molecular formula is C14H18O5. The van der Waals surface area contributed by atoms with Gasteiger partial charge in [-0.05, 0) is 20.3 Å². The molecular weight excluding hydrogens is 248 g/mol. The lowest BCUT2D eigenvalue weighted by molar-refractivity contribution is -0.139. The number of hydrogen-bond donors (Lipinski definition) is 0. The molecule has 0 aliphatic heterocycles. The first-order valence-electron chi connectivity index (χ1n) is 6.00. The molecule has 0 N–H and O–H groups in total. The van der Waals surface area contributed by atoms with Gasteiger partial charge in [0.2, 0.25) is 0 Å². The number of esters is 2. The first kappa shape index (κ1) is 15.1. The van der Waals surface area contributed by atoms with Gasteiger partial charge in [0.1, 0.15) is 5.78 Å². The van der Waals surface area contributed by atoms with Crippen molar-refractivity contribution in [2.24, 2.45) is 0 Å². The predicted octanol–water partition coefficient (Wildman–Crippen LogP) is 1.72. The van der Waals surface area contributed by atoms with Gasteiger partial charge in [0.05, 0.1) is 25.4 Å². The number of Topliss-reactive ketones (excluding diaryl/α,β-unsaturated/α-hetero) is 1. The molecule has 0 unspecified atom stereocenters. The molecule has 0 saturated heterocycles. The van der Waals surface area contributed by atoms with Gasteiger partial charge in [-0.25, -0.2) is 9.59 Å². The zero-order chi connectivity index (χ0) is 14.6. The first-order valence-corrected chi connectivity index (χ1v) is 6.00. The third-order valence-corrected chi connectivity index (χ3v) is 3.12. The van der Waals surface area contributed by atoms with Crippen molar-refractivity contribution in [2.75, 3.05) is 14.2 Å². The van der Waals surface area contributed by atoms with Crippen LogP contribution in [0.15, 0.2) is 22.3 Å². The normalized spacial score (nSPS) is 24.5. The van der Waals surface area contributed by atoms with Crippen LogP contribution < -0.4 is 0 Å². The van der Waals surface area contributed by atoms with Gasteiger partial charge in [-0.15, -0.1) is 0 Å². The van der Waals surface area contributed by atoms with Crippen molar-refractivity contribution in [3.63, 3.8) is 0 Å². The van der Waals surface area contributed by atoms with Crippen molar-refractivity contribution in [2.45, 2.75) is 33.1 Å². The van der Waals surface area contributed by atoms with Crippen LogP contribution in [0.4, 0.5) is 0 Å². The van der Waals surface area contributed by atoms with Crippen LogP contribution in [0.5, 0.6) is 0 Å². The molecule has 1 rings (SSSR count). The van der Waals surface area contributed by atoms with Crippen molar-refractivity contribution in [1.82, 2.24) is 0 Å². The number of carbonyl (C=O) groups excluding carboxylic acids is 3. The van der Waals surface area contributed by atoms with Crippen molar-refractivity contribution in [3.05, 3.63) is 22.3 Å². The number of allylic oxidation sites excluding steroid dienone is 2. The Labute approximate surface area is 112 Å². The van der Waals surface area contributed by atoms with Crippen LogP contribution in [0.3, 0.4) is 0 Å². The average molecular weight is 266 g/mol. The Morgan fingerprint density at radius 1 is 0.895 bits per heavy atom. The molecule has 0 aromatic carbocycles. The highest BCUT2D eigenvalue weighted by Gasteiger charge is 2.28. The molecule has 0 amide bonds. The van der Waals surface area contributed by atoms with Crippen LogP contribution in [0.25, 0.3) is 0 Å². The Balaban J connectivity index is 3.47. The molecule has 5 heteroatoms. The van der Waals surface area contributed by atoms with E-state index in [0.717, 1.165) is 0 Å². The summed E-state index contributed by atoms with van der Waals surface area (Å²) in [5, 5.41) is 0. The summed E-state index contributed by atoms with van der Waals surface area (Å²) in [6.45, 7) is 3.38. The second-order valence-electron chi connectivity index (χ2n) is 4.51. The highest BCUT2D eigenvalue weighted by molar-refractivity contribution is 6.08. The monoisotopic (exact) mass is 266 g/mol. The predicted molar refractivity (Wildman–Crippen MR) is 68.3 cm³/mol. The van der Waals surface area contributed by atoms with E-state index in [1.54, 1.807) is 13.8 Å². The lowest BCUT2D eigenvalue weighted by atomic mass is 9.88. The van der Waals surface area contributed by atoms with Crippen LogP contribution in [0, 0.1) is 0 Å². The number of carbonyl (C=O) groups is 3. The minimum absolute atomic E-state index is 0.0437. The van der Waals surface area contributed by atoms with Crippen LogP contribution in [0.1, 0.15) is 33.1 Å². The molecule has 0 heterocycles. The number of ether oxygens (including phenoxy) is 2. The number of rotatable bonds is 2. The second-order valence-corrected chi connectivity index (χ2v) is 4.51. The average Bonchev–Trinajstić information content (AvgIpc) is 2.38. The van der Waals surface area contributed by atoms with Gasteiger partial charge in [0.15, 0.2) is 0 Å². The molecule has 0 saturated carbocycles. The summed E-state index contributed by atoms with van der Waals surface area (Å²) in [5.41, 5.74) is 1.58. The van der Waals surface area contributed by atoms with Crippen molar-refractivity contribution in [3.8, 4) is 0 Å². The van der Waals surface area contributed by atoms with E-state index in [9.17, 15) is 14.4 Å². The Bertz CT molecular complexity index is 482. The smallest absolute Gasteiger partial charge is 0.338 e. The zero-order valence-corrected chi connectivity index (χ0v) is 11.7. The van der Waals surface area contributed by atoms with Crippen LogP contribution >= 0.6 is 0 Å². The molecule has 0 fully saturated rings. The van der Waals surface area contributed by atoms with Crippen LogP contribution in [-0.4, -0.2) is 31.9 Å². The molecule has 5 nitrogen and oxygen atoms in total. The Kier molecular flexibility index (Phi) is 5.03. The van der Waals surface area contributed by atoms with Crippen LogP contribution in [-0.2, 0) is 23.9 Å². The highest BCUT2D eigenvalue weighted by Crippen LogP contribution is 2.28. The van der Waals surface area contributed by atoms with E-state index in [4.69, 9.17) is 9.47 Å². The fourth-order valence-electron chi connectivity index (χ4n) is 2.11. The highest BCUT2D eigenvalue weighted by atomic mass is 16.5. The van der Waals surface area contributed by atoms with Gasteiger partial charge in [-0.1, -0.05) is 11.1 Å². The first-order chi connectivity index (χ1) is 8.92. The molecule has 104 valence electrons.